The first kappa shape index (κ1) is 20.8. The Kier molecular flexibility index (Phi) is 6.86. The molecule has 2 rings (SSSR count). The Bertz CT molecular complexity index is 900. The number of aryl methyl sites for hydroxylation is 1. The van der Waals surface area contributed by atoms with Gasteiger partial charge < -0.3 is 10.1 Å². The molecule has 0 spiro atoms. The summed E-state index contributed by atoms with van der Waals surface area (Å²) in [5.41, 5.74) is 1.75. The van der Waals surface area contributed by atoms with Crippen molar-refractivity contribution in [3.63, 3.8) is 0 Å². The standard InChI is InChI=1S/C18H20F2N2O4S/c1-12-3-8-15(27(24,25)21-2)11-16(12)17(23)22-10-9-13-4-6-14(7-5-13)26-18(19)20/h3-8,11,18,21H,9-10H2,1-2H3,(H,22,23). The van der Waals surface area contributed by atoms with Gasteiger partial charge in [0.15, 0.2) is 0 Å². The van der Waals surface area contributed by atoms with Crippen LogP contribution in [0.5, 0.6) is 5.75 Å². The summed E-state index contributed by atoms with van der Waals surface area (Å²) >= 11 is 0. The third kappa shape index (κ3) is 5.73. The van der Waals surface area contributed by atoms with Crippen LogP contribution < -0.4 is 14.8 Å². The molecular formula is C18H20F2N2O4S. The van der Waals surface area contributed by atoms with Crippen molar-refractivity contribution >= 4 is 15.9 Å². The largest absolute Gasteiger partial charge is 0.435 e. The van der Waals surface area contributed by atoms with Crippen molar-refractivity contribution < 1.29 is 26.7 Å². The fourth-order valence-corrected chi connectivity index (χ4v) is 3.14. The van der Waals surface area contributed by atoms with Crippen LogP contribution in [0.25, 0.3) is 0 Å². The van der Waals surface area contributed by atoms with E-state index in [0.29, 0.717) is 18.5 Å². The average molecular weight is 398 g/mol. The van der Waals surface area contributed by atoms with Crippen molar-refractivity contribution in [3.8, 4) is 5.75 Å². The first-order chi connectivity index (χ1) is 12.7. The zero-order chi connectivity index (χ0) is 20.0. The van der Waals surface area contributed by atoms with E-state index in [0.717, 1.165) is 5.56 Å². The van der Waals surface area contributed by atoms with E-state index in [2.05, 4.69) is 14.8 Å². The minimum Gasteiger partial charge on any atom is -0.435 e. The summed E-state index contributed by atoms with van der Waals surface area (Å²) in [5, 5.41) is 2.73. The van der Waals surface area contributed by atoms with Crippen LogP contribution in [0.2, 0.25) is 0 Å². The van der Waals surface area contributed by atoms with Gasteiger partial charge in [0.1, 0.15) is 5.75 Å². The Morgan fingerprint density at radius 3 is 2.41 bits per heavy atom. The van der Waals surface area contributed by atoms with Gasteiger partial charge >= 0.3 is 6.61 Å². The van der Waals surface area contributed by atoms with Crippen LogP contribution in [-0.2, 0) is 16.4 Å². The second kappa shape index (κ2) is 8.92. The summed E-state index contributed by atoms with van der Waals surface area (Å²) in [6, 6.07) is 10.5. The Balaban J connectivity index is 1.99. The Morgan fingerprint density at radius 1 is 1.15 bits per heavy atom. The summed E-state index contributed by atoms with van der Waals surface area (Å²) in [5.74, 6) is -0.325. The number of hydrogen-bond acceptors (Lipinski definition) is 4. The number of rotatable bonds is 8. The van der Waals surface area contributed by atoms with E-state index < -0.39 is 22.5 Å². The summed E-state index contributed by atoms with van der Waals surface area (Å²) < 4.78 is 54.5. The van der Waals surface area contributed by atoms with Gasteiger partial charge in [0.25, 0.3) is 5.91 Å². The van der Waals surface area contributed by atoms with Gasteiger partial charge in [0.2, 0.25) is 10.0 Å². The maximum absolute atomic E-state index is 12.4. The molecule has 2 aromatic carbocycles. The van der Waals surface area contributed by atoms with E-state index in [4.69, 9.17) is 0 Å². The van der Waals surface area contributed by atoms with E-state index in [1.54, 1.807) is 25.1 Å². The van der Waals surface area contributed by atoms with Gasteiger partial charge in [0.05, 0.1) is 4.90 Å². The summed E-state index contributed by atoms with van der Waals surface area (Å²) in [6.45, 7) is -0.858. The van der Waals surface area contributed by atoms with Gasteiger partial charge in [-0.2, -0.15) is 8.78 Å². The second-order valence-corrected chi connectivity index (χ2v) is 7.60. The van der Waals surface area contributed by atoms with Crippen molar-refractivity contribution in [1.29, 1.82) is 0 Å². The molecule has 6 nitrogen and oxygen atoms in total. The van der Waals surface area contributed by atoms with E-state index >= 15 is 0 Å². The molecule has 1 amide bonds. The number of sulfonamides is 1. The molecule has 146 valence electrons. The van der Waals surface area contributed by atoms with Crippen LogP contribution in [0.3, 0.4) is 0 Å². The zero-order valence-electron chi connectivity index (χ0n) is 14.8. The molecule has 0 aliphatic carbocycles. The van der Waals surface area contributed by atoms with Crippen molar-refractivity contribution in [3.05, 3.63) is 59.2 Å². The maximum Gasteiger partial charge on any atom is 0.387 e. The number of alkyl halides is 2. The van der Waals surface area contributed by atoms with Crippen LogP contribution in [0, 0.1) is 6.92 Å². The lowest BCUT2D eigenvalue weighted by molar-refractivity contribution is -0.0498. The van der Waals surface area contributed by atoms with E-state index in [9.17, 15) is 22.0 Å². The summed E-state index contributed by atoms with van der Waals surface area (Å²) in [7, 11) is -2.34. The predicted molar refractivity (Wildman–Crippen MR) is 96.5 cm³/mol. The lowest BCUT2D eigenvalue weighted by atomic mass is 10.1. The highest BCUT2D eigenvalue weighted by molar-refractivity contribution is 7.89. The lowest BCUT2D eigenvalue weighted by Crippen LogP contribution is -2.27. The van der Waals surface area contributed by atoms with Gasteiger partial charge in [0, 0.05) is 12.1 Å². The molecule has 0 bridgehead atoms. The Morgan fingerprint density at radius 2 is 1.81 bits per heavy atom. The molecule has 2 N–H and O–H groups in total. The van der Waals surface area contributed by atoms with Gasteiger partial charge in [-0.3, -0.25) is 4.79 Å². The van der Waals surface area contributed by atoms with Crippen molar-refractivity contribution in [2.75, 3.05) is 13.6 Å². The van der Waals surface area contributed by atoms with Gasteiger partial charge in [-0.25, -0.2) is 13.1 Å². The van der Waals surface area contributed by atoms with Crippen LogP contribution in [-0.4, -0.2) is 34.5 Å². The Labute approximate surface area is 156 Å². The lowest BCUT2D eigenvalue weighted by Gasteiger charge is -2.10. The molecule has 0 aromatic heterocycles. The second-order valence-electron chi connectivity index (χ2n) is 5.71. The highest BCUT2D eigenvalue weighted by atomic mass is 32.2. The van der Waals surface area contributed by atoms with Crippen LogP contribution in [0.1, 0.15) is 21.5 Å². The van der Waals surface area contributed by atoms with E-state index in [1.165, 1.54) is 31.3 Å². The van der Waals surface area contributed by atoms with E-state index in [1.807, 2.05) is 0 Å². The molecule has 2 aromatic rings. The van der Waals surface area contributed by atoms with Crippen LogP contribution in [0.4, 0.5) is 8.78 Å². The molecule has 0 fully saturated rings. The monoisotopic (exact) mass is 398 g/mol. The molecular weight excluding hydrogens is 378 g/mol. The Hall–Kier alpha value is -2.52. The predicted octanol–water partition coefficient (Wildman–Crippen LogP) is 2.48. The number of halogens is 2. The molecule has 0 atom stereocenters. The van der Waals surface area contributed by atoms with Crippen molar-refractivity contribution in [2.24, 2.45) is 0 Å². The van der Waals surface area contributed by atoms with Gasteiger partial charge in [-0.1, -0.05) is 18.2 Å². The SMILES string of the molecule is CNS(=O)(=O)c1ccc(C)c(C(=O)NCCc2ccc(OC(F)F)cc2)c1. The first-order valence-corrected chi connectivity index (χ1v) is 9.57. The minimum atomic E-state index is -3.64. The quantitative estimate of drug-likeness (QED) is 0.716. The highest BCUT2D eigenvalue weighted by Gasteiger charge is 2.16. The molecule has 0 saturated heterocycles. The van der Waals surface area contributed by atoms with Crippen molar-refractivity contribution in [2.45, 2.75) is 24.9 Å². The van der Waals surface area contributed by atoms with Gasteiger partial charge in [-0.15, -0.1) is 0 Å². The fourth-order valence-electron chi connectivity index (χ4n) is 2.38. The topological polar surface area (TPSA) is 84.5 Å². The number of nitrogens with one attached hydrogen (secondary N) is 2. The van der Waals surface area contributed by atoms with Gasteiger partial charge in [-0.05, 0) is 55.8 Å². The number of carbonyl (C=O) groups is 1. The molecule has 0 aliphatic heterocycles. The van der Waals surface area contributed by atoms with E-state index in [-0.39, 0.29) is 16.2 Å². The number of ether oxygens (including phenoxy) is 1. The van der Waals surface area contributed by atoms with Crippen molar-refractivity contribution in [1.82, 2.24) is 10.0 Å². The fraction of sp³-hybridized carbons (Fsp3) is 0.278. The minimum absolute atomic E-state index is 0.00960. The molecule has 0 aliphatic rings. The number of benzene rings is 2. The first-order valence-electron chi connectivity index (χ1n) is 8.09. The maximum atomic E-state index is 12.4. The number of hydrogen-bond donors (Lipinski definition) is 2. The van der Waals surface area contributed by atoms with Crippen LogP contribution in [0.15, 0.2) is 47.4 Å². The summed E-state index contributed by atoms with van der Waals surface area (Å²) in [4.78, 5) is 12.4. The molecule has 0 heterocycles. The third-order valence-corrected chi connectivity index (χ3v) is 5.29. The third-order valence-electron chi connectivity index (χ3n) is 3.88. The smallest absolute Gasteiger partial charge is 0.387 e. The molecule has 0 unspecified atom stereocenters. The molecule has 0 saturated carbocycles. The average Bonchev–Trinajstić information content (AvgIpc) is 2.62. The molecule has 9 heteroatoms. The normalized spacial score (nSPS) is 11.4. The number of amides is 1. The summed E-state index contributed by atoms with van der Waals surface area (Å²) in [6.07, 6.45) is 0.480. The molecule has 0 radical (unpaired) electrons. The highest BCUT2D eigenvalue weighted by Crippen LogP contribution is 2.16. The molecule has 27 heavy (non-hydrogen) atoms. The number of carbonyl (C=O) groups excluding carboxylic acids is 1. The zero-order valence-corrected chi connectivity index (χ0v) is 15.6. The van der Waals surface area contributed by atoms with Crippen LogP contribution >= 0.6 is 0 Å².